The molecule has 1 fully saturated rings. The van der Waals surface area contributed by atoms with E-state index in [9.17, 15) is 8.42 Å². The number of aromatic nitrogens is 2. The molecule has 0 N–H and O–H groups in total. The Balaban J connectivity index is 1.66. The summed E-state index contributed by atoms with van der Waals surface area (Å²) in [6, 6.07) is 5.59. The van der Waals surface area contributed by atoms with Gasteiger partial charge in [-0.15, -0.1) is 0 Å². The van der Waals surface area contributed by atoms with Crippen LogP contribution in [0.3, 0.4) is 0 Å². The first-order chi connectivity index (χ1) is 11.5. The fourth-order valence-corrected chi connectivity index (χ4v) is 4.30. The quantitative estimate of drug-likeness (QED) is 0.845. The largest absolute Gasteiger partial charge is 0.370 e. The van der Waals surface area contributed by atoms with Crippen molar-refractivity contribution in [2.45, 2.75) is 31.8 Å². The first kappa shape index (κ1) is 15.6. The normalized spacial score (nSPS) is 21.0. The maximum absolute atomic E-state index is 11.9. The van der Waals surface area contributed by atoms with Gasteiger partial charge in [-0.05, 0) is 49.4 Å². The lowest BCUT2D eigenvalue weighted by molar-refractivity contribution is 0.103. The van der Waals surface area contributed by atoms with Gasteiger partial charge in [0, 0.05) is 18.7 Å². The van der Waals surface area contributed by atoms with Crippen LogP contribution in [0.4, 0.5) is 5.69 Å². The van der Waals surface area contributed by atoms with E-state index in [1.54, 1.807) is 0 Å². The third-order valence-electron chi connectivity index (χ3n) is 4.46. The molecule has 1 atom stereocenters. The summed E-state index contributed by atoms with van der Waals surface area (Å²) >= 11 is 0. The summed E-state index contributed by atoms with van der Waals surface area (Å²) in [5.41, 5.74) is 2.54. The summed E-state index contributed by atoms with van der Waals surface area (Å²) in [7, 11) is -3.26. The first-order valence-corrected chi connectivity index (χ1v) is 9.93. The lowest BCUT2D eigenvalue weighted by atomic mass is 10.0. The Morgan fingerprint density at radius 1 is 1.29 bits per heavy atom. The van der Waals surface area contributed by atoms with E-state index in [2.05, 4.69) is 10.1 Å². The molecule has 0 saturated carbocycles. The Hall–Kier alpha value is -1.93. The molecule has 1 aromatic heterocycles. The number of benzene rings is 1. The van der Waals surface area contributed by atoms with Crippen LogP contribution in [-0.4, -0.2) is 38.0 Å². The molecule has 0 bridgehead atoms. The highest BCUT2D eigenvalue weighted by Crippen LogP contribution is 2.33. The van der Waals surface area contributed by atoms with Gasteiger partial charge in [-0.3, -0.25) is 4.31 Å². The minimum absolute atomic E-state index is 0.0825. The molecule has 0 unspecified atom stereocenters. The summed E-state index contributed by atoms with van der Waals surface area (Å²) < 4.78 is 36.3. The molecule has 1 aromatic carbocycles. The number of hydrogen-bond acceptors (Lipinski definition) is 6. The Morgan fingerprint density at radius 3 is 2.92 bits per heavy atom. The fraction of sp³-hybridized carbons (Fsp3) is 0.500. The van der Waals surface area contributed by atoms with Crippen molar-refractivity contribution in [3.63, 3.8) is 0 Å². The van der Waals surface area contributed by atoms with Crippen molar-refractivity contribution in [3.05, 3.63) is 29.6 Å². The number of rotatable bonds is 3. The molecule has 8 heteroatoms. The summed E-state index contributed by atoms with van der Waals surface area (Å²) in [6.07, 6.45) is 4.71. The molecule has 0 amide bonds. The zero-order chi connectivity index (χ0) is 16.7. The van der Waals surface area contributed by atoms with Crippen LogP contribution in [0.5, 0.6) is 0 Å². The van der Waals surface area contributed by atoms with Crippen LogP contribution in [0.1, 0.15) is 36.8 Å². The predicted octanol–water partition coefficient (Wildman–Crippen LogP) is 2.30. The molecule has 7 nitrogen and oxygen atoms in total. The van der Waals surface area contributed by atoms with Gasteiger partial charge in [0.25, 0.3) is 5.89 Å². The Morgan fingerprint density at radius 2 is 2.17 bits per heavy atom. The molecule has 128 valence electrons. The number of nitrogens with zero attached hydrogens (tertiary/aromatic N) is 3. The number of hydrogen-bond donors (Lipinski definition) is 0. The smallest absolute Gasteiger partial charge is 0.258 e. The monoisotopic (exact) mass is 349 g/mol. The Labute approximate surface area is 140 Å². The van der Waals surface area contributed by atoms with E-state index in [-0.39, 0.29) is 6.10 Å². The summed E-state index contributed by atoms with van der Waals surface area (Å²) in [6.45, 7) is 1.25. The van der Waals surface area contributed by atoms with Crippen LogP contribution in [0.2, 0.25) is 0 Å². The van der Waals surface area contributed by atoms with Gasteiger partial charge >= 0.3 is 0 Å². The maximum Gasteiger partial charge on any atom is 0.258 e. The second kappa shape index (κ2) is 5.86. The lowest BCUT2D eigenvalue weighted by Crippen LogP contribution is -2.34. The maximum atomic E-state index is 11.9. The molecule has 2 aromatic rings. The number of fused-ring (bicyclic) bond motifs is 1. The van der Waals surface area contributed by atoms with Crippen molar-refractivity contribution >= 4 is 15.7 Å². The van der Waals surface area contributed by atoms with E-state index in [0.29, 0.717) is 18.3 Å². The number of ether oxygens (including phenoxy) is 1. The third kappa shape index (κ3) is 2.80. The van der Waals surface area contributed by atoms with Crippen molar-refractivity contribution in [2.75, 3.05) is 23.7 Å². The van der Waals surface area contributed by atoms with Crippen molar-refractivity contribution < 1.29 is 17.7 Å². The van der Waals surface area contributed by atoms with E-state index in [1.165, 1.54) is 10.6 Å². The lowest BCUT2D eigenvalue weighted by Gasteiger charge is -2.29. The predicted molar refractivity (Wildman–Crippen MR) is 88.2 cm³/mol. The molecule has 2 aliphatic heterocycles. The molecule has 24 heavy (non-hydrogen) atoms. The molecule has 4 rings (SSSR count). The van der Waals surface area contributed by atoms with E-state index in [4.69, 9.17) is 9.26 Å². The van der Waals surface area contributed by atoms with Gasteiger partial charge in [0.05, 0.1) is 11.9 Å². The molecule has 3 heterocycles. The number of sulfonamides is 1. The van der Waals surface area contributed by atoms with Crippen molar-refractivity contribution in [3.8, 4) is 11.5 Å². The minimum atomic E-state index is -3.26. The van der Waals surface area contributed by atoms with Crippen LogP contribution in [-0.2, 0) is 21.2 Å². The van der Waals surface area contributed by atoms with Crippen LogP contribution in [0, 0.1) is 0 Å². The fourth-order valence-electron chi connectivity index (χ4n) is 3.30. The van der Waals surface area contributed by atoms with E-state index < -0.39 is 10.0 Å². The number of aryl methyl sites for hydroxylation is 1. The highest BCUT2D eigenvalue weighted by Gasteiger charge is 2.26. The molecule has 0 radical (unpaired) electrons. The average Bonchev–Trinajstić information content (AvgIpc) is 3.23. The zero-order valence-electron chi connectivity index (χ0n) is 13.4. The van der Waals surface area contributed by atoms with E-state index in [0.717, 1.165) is 49.1 Å². The van der Waals surface area contributed by atoms with Gasteiger partial charge in [0.2, 0.25) is 15.8 Å². The molecule has 0 spiro atoms. The number of anilines is 1. The third-order valence-corrected chi connectivity index (χ3v) is 5.64. The highest BCUT2D eigenvalue weighted by atomic mass is 32.2. The molecular weight excluding hydrogens is 330 g/mol. The minimum Gasteiger partial charge on any atom is -0.370 e. The van der Waals surface area contributed by atoms with Gasteiger partial charge in [0.15, 0.2) is 0 Å². The SMILES string of the molecule is CS(=O)(=O)N1CCCc2cc(-c3nc([C@@H]4CCCO4)no3)ccc21. The highest BCUT2D eigenvalue weighted by molar-refractivity contribution is 7.92. The van der Waals surface area contributed by atoms with Crippen LogP contribution in [0.15, 0.2) is 22.7 Å². The Kier molecular flexibility index (Phi) is 3.80. The van der Waals surface area contributed by atoms with Crippen molar-refractivity contribution in [1.82, 2.24) is 10.1 Å². The topological polar surface area (TPSA) is 85.5 Å². The van der Waals surface area contributed by atoms with Crippen LogP contribution in [0.25, 0.3) is 11.5 Å². The summed E-state index contributed by atoms with van der Waals surface area (Å²) in [4.78, 5) is 4.44. The molecule has 1 saturated heterocycles. The molecular formula is C16H19N3O4S. The summed E-state index contributed by atoms with van der Waals surface area (Å²) in [5.74, 6) is 1.03. The summed E-state index contributed by atoms with van der Waals surface area (Å²) in [5, 5.41) is 4.02. The van der Waals surface area contributed by atoms with Gasteiger partial charge in [-0.1, -0.05) is 5.16 Å². The van der Waals surface area contributed by atoms with Gasteiger partial charge in [-0.25, -0.2) is 8.42 Å². The molecule has 0 aliphatic carbocycles. The molecule has 2 aliphatic rings. The van der Waals surface area contributed by atoms with Crippen LogP contribution < -0.4 is 4.31 Å². The van der Waals surface area contributed by atoms with E-state index in [1.807, 2.05) is 18.2 Å². The standard InChI is InChI=1S/C16H19N3O4S/c1-24(20,21)19-8-2-4-11-10-12(6-7-13(11)19)16-17-15(18-23-16)14-5-3-9-22-14/h6-7,10,14H,2-5,8-9H2,1H3/t14-/m0/s1. The average molecular weight is 349 g/mol. The van der Waals surface area contributed by atoms with Gasteiger partial charge < -0.3 is 9.26 Å². The van der Waals surface area contributed by atoms with Crippen LogP contribution >= 0.6 is 0 Å². The zero-order valence-corrected chi connectivity index (χ0v) is 14.3. The van der Waals surface area contributed by atoms with Crippen molar-refractivity contribution in [1.29, 1.82) is 0 Å². The van der Waals surface area contributed by atoms with Gasteiger partial charge in [-0.2, -0.15) is 4.98 Å². The van der Waals surface area contributed by atoms with Gasteiger partial charge in [0.1, 0.15) is 6.10 Å². The second-order valence-corrected chi connectivity index (χ2v) is 8.15. The van der Waals surface area contributed by atoms with Crippen molar-refractivity contribution in [2.24, 2.45) is 0 Å². The first-order valence-electron chi connectivity index (χ1n) is 8.08. The Bertz CT molecular complexity index is 856. The second-order valence-electron chi connectivity index (χ2n) is 6.24. The van der Waals surface area contributed by atoms with E-state index >= 15 is 0 Å².